The summed E-state index contributed by atoms with van der Waals surface area (Å²) in [4.78, 5) is 11.8. The van der Waals surface area contributed by atoms with Crippen molar-refractivity contribution >= 4 is 23.2 Å². The van der Waals surface area contributed by atoms with Crippen LogP contribution in [0.3, 0.4) is 0 Å². The van der Waals surface area contributed by atoms with E-state index in [9.17, 15) is 4.79 Å². The molecule has 2 aromatic carbocycles. The first-order valence-corrected chi connectivity index (χ1v) is 5.59. The van der Waals surface area contributed by atoms with Gasteiger partial charge in [-0.2, -0.15) is 0 Å². The van der Waals surface area contributed by atoms with Crippen molar-refractivity contribution in [3.8, 4) is 0 Å². The molecule has 2 aromatic rings. The van der Waals surface area contributed by atoms with Crippen LogP contribution < -0.4 is 11.5 Å². The SMILES string of the molecule is Nc1ccc(C=CC(=O)c2ccccc2)cc1N. The van der Waals surface area contributed by atoms with Crippen molar-refractivity contribution in [2.75, 3.05) is 11.5 Å². The molecule has 0 atom stereocenters. The van der Waals surface area contributed by atoms with Crippen LogP contribution in [0.4, 0.5) is 11.4 Å². The number of nitrogen functional groups attached to an aromatic ring is 2. The summed E-state index contributed by atoms with van der Waals surface area (Å²) in [5.74, 6) is -0.0361. The summed E-state index contributed by atoms with van der Waals surface area (Å²) in [7, 11) is 0. The van der Waals surface area contributed by atoms with Crippen LogP contribution in [0.15, 0.2) is 54.6 Å². The fourth-order valence-electron chi connectivity index (χ4n) is 1.57. The zero-order valence-electron chi connectivity index (χ0n) is 9.84. The summed E-state index contributed by atoms with van der Waals surface area (Å²) in [6, 6.07) is 14.4. The number of carbonyl (C=O) groups excluding carboxylic acids is 1. The van der Waals surface area contributed by atoms with Gasteiger partial charge >= 0.3 is 0 Å². The summed E-state index contributed by atoms with van der Waals surface area (Å²) >= 11 is 0. The molecule has 0 aliphatic heterocycles. The highest BCUT2D eigenvalue weighted by Gasteiger charge is 2.00. The van der Waals surface area contributed by atoms with Gasteiger partial charge in [-0.25, -0.2) is 0 Å². The Morgan fingerprint density at radius 3 is 2.33 bits per heavy atom. The molecule has 0 spiro atoms. The Bertz CT molecular complexity index is 589. The van der Waals surface area contributed by atoms with E-state index in [0.29, 0.717) is 16.9 Å². The van der Waals surface area contributed by atoms with E-state index >= 15 is 0 Å². The van der Waals surface area contributed by atoms with Crippen LogP contribution in [-0.4, -0.2) is 5.78 Å². The highest BCUT2D eigenvalue weighted by molar-refractivity contribution is 6.06. The van der Waals surface area contributed by atoms with Gasteiger partial charge < -0.3 is 11.5 Å². The summed E-state index contributed by atoms with van der Waals surface area (Å²) < 4.78 is 0. The summed E-state index contributed by atoms with van der Waals surface area (Å²) in [6.45, 7) is 0. The molecule has 18 heavy (non-hydrogen) atoms. The molecule has 0 heterocycles. The summed E-state index contributed by atoms with van der Waals surface area (Å²) in [5, 5.41) is 0. The number of allylic oxidation sites excluding steroid dienone is 1. The lowest BCUT2D eigenvalue weighted by Crippen LogP contribution is -1.95. The third-order valence-electron chi connectivity index (χ3n) is 2.60. The predicted molar refractivity (Wildman–Crippen MR) is 75.1 cm³/mol. The number of ketones is 1. The quantitative estimate of drug-likeness (QED) is 0.490. The van der Waals surface area contributed by atoms with E-state index in [4.69, 9.17) is 11.5 Å². The zero-order valence-corrected chi connectivity index (χ0v) is 9.84. The molecular formula is C15H14N2O. The van der Waals surface area contributed by atoms with E-state index in [1.807, 2.05) is 24.3 Å². The molecule has 3 nitrogen and oxygen atoms in total. The first kappa shape index (κ1) is 11.9. The van der Waals surface area contributed by atoms with E-state index in [1.165, 1.54) is 6.08 Å². The van der Waals surface area contributed by atoms with Gasteiger partial charge in [0.2, 0.25) is 0 Å². The number of nitrogens with two attached hydrogens (primary N) is 2. The van der Waals surface area contributed by atoms with Crippen LogP contribution in [0.2, 0.25) is 0 Å². The third kappa shape index (κ3) is 2.77. The average Bonchev–Trinajstić information content (AvgIpc) is 2.41. The van der Waals surface area contributed by atoms with Crippen molar-refractivity contribution in [2.45, 2.75) is 0 Å². The normalized spacial score (nSPS) is 10.7. The van der Waals surface area contributed by atoms with Crippen LogP contribution >= 0.6 is 0 Å². The molecule has 0 bridgehead atoms. The second-order valence-corrected chi connectivity index (χ2v) is 3.95. The number of hydrogen-bond donors (Lipinski definition) is 2. The van der Waals surface area contributed by atoms with E-state index in [0.717, 1.165) is 5.56 Å². The third-order valence-corrected chi connectivity index (χ3v) is 2.60. The van der Waals surface area contributed by atoms with Crippen LogP contribution in [0.25, 0.3) is 6.08 Å². The molecule has 0 aliphatic rings. The maximum atomic E-state index is 11.8. The van der Waals surface area contributed by atoms with Gasteiger partial charge in [-0.05, 0) is 23.8 Å². The van der Waals surface area contributed by atoms with Crippen molar-refractivity contribution < 1.29 is 4.79 Å². The van der Waals surface area contributed by atoms with Crippen LogP contribution in [0.1, 0.15) is 15.9 Å². The Balaban J connectivity index is 2.16. The summed E-state index contributed by atoms with van der Waals surface area (Å²) in [6.07, 6.45) is 3.26. The molecule has 0 radical (unpaired) electrons. The molecule has 90 valence electrons. The van der Waals surface area contributed by atoms with Crippen LogP contribution in [0.5, 0.6) is 0 Å². The van der Waals surface area contributed by atoms with E-state index in [-0.39, 0.29) is 5.78 Å². The van der Waals surface area contributed by atoms with Crippen molar-refractivity contribution in [1.82, 2.24) is 0 Å². The molecule has 2 rings (SSSR count). The molecule has 0 aromatic heterocycles. The van der Waals surface area contributed by atoms with Gasteiger partial charge in [0.05, 0.1) is 11.4 Å². The maximum absolute atomic E-state index is 11.8. The topological polar surface area (TPSA) is 69.1 Å². The molecule has 0 fully saturated rings. The largest absolute Gasteiger partial charge is 0.397 e. The number of benzene rings is 2. The molecule has 0 unspecified atom stereocenters. The lowest BCUT2D eigenvalue weighted by Gasteiger charge is -2.00. The molecule has 0 amide bonds. The minimum Gasteiger partial charge on any atom is -0.397 e. The van der Waals surface area contributed by atoms with E-state index in [2.05, 4.69) is 0 Å². The smallest absolute Gasteiger partial charge is 0.185 e. The van der Waals surface area contributed by atoms with Gasteiger partial charge in [0, 0.05) is 5.56 Å². The fourth-order valence-corrected chi connectivity index (χ4v) is 1.57. The molecule has 0 aliphatic carbocycles. The second kappa shape index (κ2) is 5.19. The lowest BCUT2D eigenvalue weighted by molar-refractivity contribution is 0.104. The Morgan fingerprint density at radius 2 is 1.67 bits per heavy atom. The van der Waals surface area contributed by atoms with Crippen LogP contribution in [-0.2, 0) is 0 Å². The monoisotopic (exact) mass is 238 g/mol. The van der Waals surface area contributed by atoms with Gasteiger partial charge in [-0.15, -0.1) is 0 Å². The first-order chi connectivity index (χ1) is 8.66. The number of rotatable bonds is 3. The molecule has 4 N–H and O–H groups in total. The standard InChI is InChI=1S/C15H14N2O/c16-13-8-6-11(10-14(13)17)7-9-15(18)12-4-2-1-3-5-12/h1-10H,16-17H2. The zero-order chi connectivity index (χ0) is 13.0. The van der Waals surface area contributed by atoms with Crippen LogP contribution in [0, 0.1) is 0 Å². The molecular weight excluding hydrogens is 224 g/mol. The first-order valence-electron chi connectivity index (χ1n) is 5.59. The van der Waals surface area contributed by atoms with Gasteiger partial charge in [0.25, 0.3) is 0 Å². The second-order valence-electron chi connectivity index (χ2n) is 3.95. The van der Waals surface area contributed by atoms with Crippen molar-refractivity contribution in [3.05, 3.63) is 65.7 Å². The Kier molecular flexibility index (Phi) is 3.44. The predicted octanol–water partition coefficient (Wildman–Crippen LogP) is 2.75. The van der Waals surface area contributed by atoms with Gasteiger partial charge in [0.15, 0.2) is 5.78 Å². The highest BCUT2D eigenvalue weighted by atomic mass is 16.1. The average molecular weight is 238 g/mol. The number of anilines is 2. The lowest BCUT2D eigenvalue weighted by atomic mass is 10.1. The Hall–Kier alpha value is -2.55. The minimum absolute atomic E-state index is 0.0361. The van der Waals surface area contributed by atoms with Gasteiger partial charge in [0.1, 0.15) is 0 Å². The van der Waals surface area contributed by atoms with E-state index < -0.39 is 0 Å². The maximum Gasteiger partial charge on any atom is 0.185 e. The van der Waals surface area contributed by atoms with Crippen molar-refractivity contribution in [3.63, 3.8) is 0 Å². The fraction of sp³-hybridized carbons (Fsp3) is 0. The molecule has 3 heteroatoms. The minimum atomic E-state index is -0.0361. The molecule has 0 saturated carbocycles. The van der Waals surface area contributed by atoms with Crippen molar-refractivity contribution in [1.29, 1.82) is 0 Å². The number of hydrogen-bond acceptors (Lipinski definition) is 3. The molecule has 0 saturated heterocycles. The van der Waals surface area contributed by atoms with E-state index in [1.54, 1.807) is 30.3 Å². The Labute approximate surface area is 106 Å². The van der Waals surface area contributed by atoms with Gasteiger partial charge in [-0.3, -0.25) is 4.79 Å². The van der Waals surface area contributed by atoms with Gasteiger partial charge in [-0.1, -0.05) is 42.5 Å². The number of carbonyl (C=O) groups is 1. The Morgan fingerprint density at radius 1 is 0.944 bits per heavy atom. The highest BCUT2D eigenvalue weighted by Crippen LogP contribution is 2.17. The summed E-state index contributed by atoms with van der Waals surface area (Å²) in [5.41, 5.74) is 13.9. The van der Waals surface area contributed by atoms with Crippen molar-refractivity contribution in [2.24, 2.45) is 0 Å².